The number of ether oxygens (including phenoxy) is 1. The molecule has 2 aromatic rings. The number of fused-ring (bicyclic) bond motifs is 1. The van der Waals surface area contributed by atoms with Crippen molar-refractivity contribution in [3.8, 4) is 0 Å². The van der Waals surface area contributed by atoms with Crippen LogP contribution in [0.4, 0.5) is 4.39 Å². The van der Waals surface area contributed by atoms with Crippen LogP contribution in [0.5, 0.6) is 0 Å². The summed E-state index contributed by atoms with van der Waals surface area (Å²) in [5, 5.41) is 0. The molecule has 1 aliphatic heterocycles. The predicted octanol–water partition coefficient (Wildman–Crippen LogP) is 3.46. The van der Waals surface area contributed by atoms with Gasteiger partial charge in [0.15, 0.2) is 0 Å². The summed E-state index contributed by atoms with van der Waals surface area (Å²) in [5.41, 5.74) is 1.65. The van der Waals surface area contributed by atoms with Gasteiger partial charge in [0.25, 0.3) is 15.9 Å². The van der Waals surface area contributed by atoms with Gasteiger partial charge in [0.2, 0.25) is 0 Å². The van der Waals surface area contributed by atoms with Gasteiger partial charge in [-0.15, -0.1) is 11.3 Å². The van der Waals surface area contributed by atoms with Crippen LogP contribution in [0.1, 0.15) is 45.0 Å². The van der Waals surface area contributed by atoms with E-state index in [0.29, 0.717) is 34.5 Å². The molecule has 0 bridgehead atoms. The zero-order valence-electron chi connectivity index (χ0n) is 18.2. The van der Waals surface area contributed by atoms with Gasteiger partial charge < -0.3 is 9.64 Å². The number of likely N-dealkylation sites (N-methyl/N-ethyl adjacent to an activating group) is 1. The quantitative estimate of drug-likeness (QED) is 0.448. The molecule has 32 heavy (non-hydrogen) atoms. The number of amides is 1. The highest BCUT2D eigenvalue weighted by molar-refractivity contribution is 7.91. The van der Waals surface area contributed by atoms with Crippen LogP contribution in [0.15, 0.2) is 40.6 Å². The van der Waals surface area contributed by atoms with E-state index in [0.717, 1.165) is 11.3 Å². The fourth-order valence-electron chi connectivity index (χ4n) is 3.60. The minimum absolute atomic E-state index is 0.0431. The number of carbonyl (C=O) groups is 2. The first kappa shape index (κ1) is 24.1. The van der Waals surface area contributed by atoms with E-state index in [4.69, 9.17) is 4.74 Å². The van der Waals surface area contributed by atoms with Crippen molar-refractivity contribution in [2.45, 2.75) is 31.0 Å². The van der Waals surface area contributed by atoms with Gasteiger partial charge in [-0.1, -0.05) is 19.1 Å². The van der Waals surface area contributed by atoms with E-state index in [9.17, 15) is 22.4 Å². The van der Waals surface area contributed by atoms with Gasteiger partial charge in [-0.2, -0.15) is 4.31 Å². The van der Waals surface area contributed by atoms with Crippen LogP contribution in [0.25, 0.3) is 0 Å². The summed E-state index contributed by atoms with van der Waals surface area (Å²) in [6.45, 7) is 8.05. The lowest BCUT2D eigenvalue weighted by Crippen LogP contribution is -2.35. The van der Waals surface area contributed by atoms with Crippen LogP contribution in [0.2, 0.25) is 0 Å². The molecule has 2 heterocycles. The molecule has 1 amide bonds. The SMILES string of the molecule is C=C(C)CN(CC)S(=O)(=O)c1sc2c(c1C(=O)OC)CCN(C(=O)c1ccc(F)cc1)C2. The summed E-state index contributed by atoms with van der Waals surface area (Å²) in [5.74, 6) is -1.44. The Morgan fingerprint density at radius 2 is 1.94 bits per heavy atom. The normalized spacial score (nSPS) is 13.7. The maximum Gasteiger partial charge on any atom is 0.340 e. The Hall–Kier alpha value is -2.56. The third kappa shape index (κ3) is 4.62. The number of esters is 1. The van der Waals surface area contributed by atoms with Crippen LogP contribution in [0.3, 0.4) is 0 Å². The summed E-state index contributed by atoms with van der Waals surface area (Å²) in [4.78, 5) is 27.6. The first-order valence-electron chi connectivity index (χ1n) is 10.0. The minimum Gasteiger partial charge on any atom is -0.465 e. The topological polar surface area (TPSA) is 84.0 Å². The van der Waals surface area contributed by atoms with Crippen molar-refractivity contribution in [1.29, 1.82) is 0 Å². The van der Waals surface area contributed by atoms with Crippen LogP contribution < -0.4 is 0 Å². The number of carbonyl (C=O) groups excluding carboxylic acids is 2. The van der Waals surface area contributed by atoms with E-state index < -0.39 is 21.8 Å². The molecule has 1 aromatic carbocycles. The average molecular weight is 481 g/mol. The number of methoxy groups -OCH3 is 1. The van der Waals surface area contributed by atoms with E-state index in [2.05, 4.69) is 6.58 Å². The lowest BCUT2D eigenvalue weighted by molar-refractivity contribution is 0.0595. The van der Waals surface area contributed by atoms with Crippen LogP contribution in [-0.2, 0) is 27.7 Å². The van der Waals surface area contributed by atoms with Gasteiger partial charge >= 0.3 is 5.97 Å². The Kier molecular flexibility index (Phi) is 7.16. The molecule has 0 saturated heterocycles. The summed E-state index contributed by atoms with van der Waals surface area (Å²) < 4.78 is 46.1. The van der Waals surface area contributed by atoms with E-state index >= 15 is 0 Å². The highest BCUT2D eigenvalue weighted by Crippen LogP contribution is 2.38. The summed E-state index contributed by atoms with van der Waals surface area (Å²) in [6.07, 6.45) is 0.311. The van der Waals surface area contributed by atoms with Crippen LogP contribution in [0, 0.1) is 5.82 Å². The Morgan fingerprint density at radius 1 is 1.28 bits per heavy atom. The molecule has 3 rings (SSSR count). The Bertz CT molecular complexity index is 1160. The van der Waals surface area contributed by atoms with E-state index in [1.807, 2.05) is 0 Å². The zero-order valence-corrected chi connectivity index (χ0v) is 19.8. The highest BCUT2D eigenvalue weighted by atomic mass is 32.2. The van der Waals surface area contributed by atoms with Crippen molar-refractivity contribution < 1.29 is 27.1 Å². The largest absolute Gasteiger partial charge is 0.465 e. The van der Waals surface area contributed by atoms with Crippen LogP contribution in [-0.4, -0.2) is 56.2 Å². The second-order valence-corrected chi connectivity index (χ2v) is 10.8. The van der Waals surface area contributed by atoms with Gasteiger partial charge in [0.1, 0.15) is 10.0 Å². The Labute approximate surface area is 191 Å². The maximum absolute atomic E-state index is 13.4. The number of thiophene rings is 1. The van der Waals surface area contributed by atoms with Crippen molar-refractivity contribution in [2.24, 2.45) is 0 Å². The van der Waals surface area contributed by atoms with Gasteiger partial charge in [-0.25, -0.2) is 17.6 Å². The lowest BCUT2D eigenvalue weighted by Gasteiger charge is -2.27. The third-order valence-electron chi connectivity index (χ3n) is 5.17. The van der Waals surface area contributed by atoms with Crippen molar-refractivity contribution in [2.75, 3.05) is 26.7 Å². The molecule has 172 valence electrons. The lowest BCUT2D eigenvalue weighted by atomic mass is 10.0. The first-order valence-corrected chi connectivity index (χ1v) is 12.3. The Balaban J connectivity index is 2.01. The maximum atomic E-state index is 13.4. The molecular weight excluding hydrogens is 455 g/mol. The number of rotatable bonds is 7. The number of sulfonamides is 1. The first-order chi connectivity index (χ1) is 15.1. The zero-order chi connectivity index (χ0) is 23.6. The molecule has 0 aliphatic carbocycles. The number of hydrogen-bond acceptors (Lipinski definition) is 6. The fraction of sp³-hybridized carbons (Fsp3) is 0.364. The van der Waals surface area contributed by atoms with E-state index in [-0.39, 0.29) is 35.3 Å². The summed E-state index contributed by atoms with van der Waals surface area (Å²) in [6, 6.07) is 5.26. The second kappa shape index (κ2) is 9.51. The third-order valence-corrected chi connectivity index (χ3v) is 8.80. The van der Waals surface area contributed by atoms with Gasteiger partial charge in [0, 0.05) is 30.1 Å². The molecule has 10 heteroatoms. The van der Waals surface area contributed by atoms with E-state index in [1.165, 1.54) is 35.7 Å². The molecule has 0 fully saturated rings. The molecule has 0 radical (unpaired) electrons. The molecular formula is C22H25FN2O5S2. The predicted molar refractivity (Wildman–Crippen MR) is 120 cm³/mol. The van der Waals surface area contributed by atoms with Crippen molar-refractivity contribution in [3.63, 3.8) is 0 Å². The minimum atomic E-state index is -3.98. The van der Waals surface area contributed by atoms with Crippen LogP contribution >= 0.6 is 11.3 Å². The van der Waals surface area contributed by atoms with E-state index in [1.54, 1.807) is 18.7 Å². The van der Waals surface area contributed by atoms with Crippen molar-refractivity contribution in [1.82, 2.24) is 9.21 Å². The molecule has 0 N–H and O–H groups in total. The molecule has 0 atom stereocenters. The average Bonchev–Trinajstić information content (AvgIpc) is 3.16. The monoisotopic (exact) mass is 480 g/mol. The molecule has 1 aromatic heterocycles. The molecule has 0 spiro atoms. The van der Waals surface area contributed by atoms with Crippen molar-refractivity contribution >= 4 is 33.2 Å². The summed E-state index contributed by atoms with van der Waals surface area (Å²) >= 11 is 0.988. The highest BCUT2D eigenvalue weighted by Gasteiger charge is 2.37. The molecule has 7 nitrogen and oxygen atoms in total. The van der Waals surface area contributed by atoms with Crippen molar-refractivity contribution in [3.05, 3.63) is 63.8 Å². The molecule has 1 aliphatic rings. The fourth-order valence-corrected chi connectivity index (χ4v) is 7.15. The van der Waals surface area contributed by atoms with Gasteiger partial charge in [-0.3, -0.25) is 4.79 Å². The van der Waals surface area contributed by atoms with Gasteiger partial charge in [-0.05, 0) is 43.2 Å². The Morgan fingerprint density at radius 3 is 2.50 bits per heavy atom. The molecule has 0 saturated carbocycles. The number of benzene rings is 1. The smallest absolute Gasteiger partial charge is 0.340 e. The molecule has 0 unspecified atom stereocenters. The standard InChI is InChI=1S/C22H25FN2O5S2/c1-5-25(12-14(2)3)32(28,29)22-19(21(27)30-4)17-10-11-24(13-18(17)31-22)20(26)15-6-8-16(23)9-7-15/h6-9H,2,5,10-13H2,1,3-4H3. The second-order valence-electron chi connectivity index (χ2n) is 7.53. The number of nitrogens with zero attached hydrogens (tertiary/aromatic N) is 2. The number of halogens is 1. The van der Waals surface area contributed by atoms with Gasteiger partial charge in [0.05, 0.1) is 19.2 Å². The summed E-state index contributed by atoms with van der Waals surface area (Å²) in [7, 11) is -2.77. The number of hydrogen-bond donors (Lipinski definition) is 0.